The van der Waals surface area contributed by atoms with Crippen molar-refractivity contribution in [2.24, 2.45) is 0 Å². The van der Waals surface area contributed by atoms with Crippen molar-refractivity contribution in [1.29, 1.82) is 0 Å². The van der Waals surface area contributed by atoms with Crippen LogP contribution in [-0.2, 0) is 6.42 Å². The van der Waals surface area contributed by atoms with Crippen molar-refractivity contribution in [2.75, 3.05) is 6.54 Å². The molecule has 0 aliphatic heterocycles. The molecule has 1 aliphatic carbocycles. The van der Waals surface area contributed by atoms with Crippen LogP contribution in [0.25, 0.3) is 0 Å². The van der Waals surface area contributed by atoms with Gasteiger partial charge in [0, 0.05) is 16.1 Å². The number of hydrogen-bond donors (Lipinski definition) is 1. The first kappa shape index (κ1) is 14.7. The molecule has 0 bridgehead atoms. The first-order valence-corrected chi connectivity index (χ1v) is 8.24. The molecule has 3 rings (SSSR count). The van der Waals surface area contributed by atoms with Gasteiger partial charge in [-0.05, 0) is 48.6 Å². The van der Waals surface area contributed by atoms with E-state index in [-0.39, 0.29) is 11.9 Å². The second-order valence-corrected chi connectivity index (χ2v) is 6.53. The van der Waals surface area contributed by atoms with Crippen molar-refractivity contribution in [3.05, 3.63) is 69.4 Å². The lowest BCUT2D eigenvalue weighted by Gasteiger charge is -2.33. The smallest absolute Gasteiger partial charge is 0.129 e. The molecule has 110 valence electrons. The molecular weight excluding hydrogens is 329 g/mol. The minimum atomic E-state index is -0.136. The van der Waals surface area contributed by atoms with Gasteiger partial charge in [-0.15, -0.1) is 0 Å². The van der Waals surface area contributed by atoms with Crippen LogP contribution in [0, 0.1) is 5.82 Å². The Morgan fingerprint density at radius 1 is 1.29 bits per heavy atom. The molecule has 2 aromatic rings. The Bertz CT molecular complexity index is 641. The van der Waals surface area contributed by atoms with E-state index in [4.69, 9.17) is 0 Å². The quantitative estimate of drug-likeness (QED) is 0.805. The van der Waals surface area contributed by atoms with Crippen LogP contribution < -0.4 is 5.32 Å². The third kappa shape index (κ3) is 3.04. The van der Waals surface area contributed by atoms with E-state index in [2.05, 4.69) is 52.4 Å². The molecule has 2 atom stereocenters. The highest BCUT2D eigenvalue weighted by molar-refractivity contribution is 9.10. The first-order chi connectivity index (χ1) is 10.2. The largest absolute Gasteiger partial charge is 0.310 e. The third-order valence-electron chi connectivity index (χ3n) is 4.27. The molecular formula is C18H19BrFN. The van der Waals surface area contributed by atoms with Crippen LogP contribution in [0.5, 0.6) is 0 Å². The number of rotatable bonds is 5. The minimum absolute atomic E-state index is 0.0708. The Morgan fingerprint density at radius 2 is 2.10 bits per heavy atom. The number of hydrogen-bond acceptors (Lipinski definition) is 1. The van der Waals surface area contributed by atoms with E-state index in [1.807, 2.05) is 12.1 Å². The Labute approximate surface area is 133 Å². The van der Waals surface area contributed by atoms with Crippen LogP contribution >= 0.6 is 15.9 Å². The predicted molar refractivity (Wildman–Crippen MR) is 88.0 cm³/mol. The van der Waals surface area contributed by atoms with Crippen LogP contribution in [0.3, 0.4) is 0 Å². The zero-order chi connectivity index (χ0) is 14.8. The van der Waals surface area contributed by atoms with Crippen molar-refractivity contribution in [2.45, 2.75) is 31.7 Å². The molecule has 1 N–H and O–H groups in total. The van der Waals surface area contributed by atoms with Crippen molar-refractivity contribution >= 4 is 15.9 Å². The van der Waals surface area contributed by atoms with Crippen molar-refractivity contribution in [3.8, 4) is 0 Å². The van der Waals surface area contributed by atoms with E-state index >= 15 is 0 Å². The third-order valence-corrected chi connectivity index (χ3v) is 4.76. The zero-order valence-electron chi connectivity index (χ0n) is 12.1. The van der Waals surface area contributed by atoms with Crippen LogP contribution in [0.15, 0.2) is 46.9 Å². The molecule has 2 unspecified atom stereocenters. The molecule has 0 saturated heterocycles. The van der Waals surface area contributed by atoms with Gasteiger partial charge in [0.15, 0.2) is 0 Å². The lowest BCUT2D eigenvalue weighted by atomic mass is 9.73. The summed E-state index contributed by atoms with van der Waals surface area (Å²) in [4.78, 5) is 0. The van der Waals surface area contributed by atoms with Gasteiger partial charge in [-0.3, -0.25) is 0 Å². The summed E-state index contributed by atoms with van der Waals surface area (Å²) in [7, 11) is 0. The lowest BCUT2D eigenvalue weighted by molar-refractivity contribution is 0.422. The molecule has 1 aliphatic rings. The molecule has 0 spiro atoms. The number of nitrogens with one attached hydrogen (secondary N) is 1. The Hall–Kier alpha value is -1.19. The summed E-state index contributed by atoms with van der Waals surface area (Å²) >= 11 is 3.32. The maximum absolute atomic E-state index is 14.2. The average molecular weight is 348 g/mol. The molecule has 0 fully saturated rings. The molecule has 1 nitrogen and oxygen atoms in total. The topological polar surface area (TPSA) is 12.0 Å². The van der Waals surface area contributed by atoms with E-state index < -0.39 is 0 Å². The zero-order valence-corrected chi connectivity index (χ0v) is 13.7. The van der Waals surface area contributed by atoms with Crippen LogP contribution in [0.4, 0.5) is 4.39 Å². The summed E-state index contributed by atoms with van der Waals surface area (Å²) in [6.45, 7) is 2.91. The minimum Gasteiger partial charge on any atom is -0.310 e. The summed E-state index contributed by atoms with van der Waals surface area (Å²) in [5.74, 6) is 0.399. The molecule has 0 heterocycles. The molecule has 0 radical (unpaired) electrons. The van der Waals surface area contributed by atoms with Crippen LogP contribution in [0.1, 0.15) is 42.0 Å². The fraction of sp³-hybridized carbons (Fsp3) is 0.333. The summed E-state index contributed by atoms with van der Waals surface area (Å²) in [6.07, 6.45) is 2.06. The molecule has 0 aromatic heterocycles. The predicted octanol–water partition coefficient (Wildman–Crippen LogP) is 4.97. The molecule has 0 saturated carbocycles. The Balaban J connectivity index is 1.80. The van der Waals surface area contributed by atoms with Gasteiger partial charge in [0.25, 0.3) is 0 Å². The fourth-order valence-electron chi connectivity index (χ4n) is 3.21. The number of fused-ring (bicyclic) bond motifs is 1. The summed E-state index contributed by atoms with van der Waals surface area (Å²) in [5.41, 5.74) is 3.64. The van der Waals surface area contributed by atoms with E-state index in [1.54, 1.807) is 6.07 Å². The van der Waals surface area contributed by atoms with Crippen molar-refractivity contribution in [1.82, 2.24) is 5.32 Å². The van der Waals surface area contributed by atoms with Crippen LogP contribution in [-0.4, -0.2) is 6.54 Å². The first-order valence-electron chi connectivity index (χ1n) is 7.45. The number of halogens is 2. The van der Waals surface area contributed by atoms with E-state index in [0.29, 0.717) is 5.92 Å². The maximum atomic E-state index is 14.2. The van der Waals surface area contributed by atoms with Gasteiger partial charge in [0.2, 0.25) is 0 Å². The molecule has 3 heteroatoms. The monoisotopic (exact) mass is 347 g/mol. The van der Waals surface area contributed by atoms with Crippen molar-refractivity contribution in [3.63, 3.8) is 0 Å². The highest BCUT2D eigenvalue weighted by Gasteiger charge is 2.29. The van der Waals surface area contributed by atoms with Crippen molar-refractivity contribution < 1.29 is 4.39 Å². The van der Waals surface area contributed by atoms with Gasteiger partial charge in [-0.1, -0.05) is 53.2 Å². The van der Waals surface area contributed by atoms with Crippen LogP contribution in [0.2, 0.25) is 0 Å². The molecule has 0 amide bonds. The van der Waals surface area contributed by atoms with Gasteiger partial charge in [-0.25, -0.2) is 4.39 Å². The highest BCUT2D eigenvalue weighted by Crippen LogP contribution is 2.41. The highest BCUT2D eigenvalue weighted by atomic mass is 79.9. The van der Waals surface area contributed by atoms with E-state index in [1.165, 1.54) is 11.1 Å². The number of benzene rings is 2. The summed E-state index contributed by atoms with van der Waals surface area (Å²) in [6, 6.07) is 14.0. The van der Waals surface area contributed by atoms with E-state index in [0.717, 1.165) is 29.4 Å². The fourth-order valence-corrected chi connectivity index (χ4v) is 3.54. The maximum Gasteiger partial charge on any atom is 0.129 e. The Kier molecular flexibility index (Phi) is 4.41. The second-order valence-electron chi connectivity index (χ2n) is 5.61. The lowest BCUT2D eigenvalue weighted by Crippen LogP contribution is -2.27. The van der Waals surface area contributed by atoms with E-state index in [9.17, 15) is 4.39 Å². The molecule has 21 heavy (non-hydrogen) atoms. The normalized spacial score (nSPS) is 18.0. The van der Waals surface area contributed by atoms with Gasteiger partial charge in [0.05, 0.1) is 0 Å². The summed E-state index contributed by atoms with van der Waals surface area (Å²) < 4.78 is 15.0. The Morgan fingerprint density at radius 3 is 2.81 bits per heavy atom. The second kappa shape index (κ2) is 6.29. The molecule has 2 aromatic carbocycles. The van der Waals surface area contributed by atoms with Gasteiger partial charge in [0.1, 0.15) is 5.82 Å². The van der Waals surface area contributed by atoms with Gasteiger partial charge >= 0.3 is 0 Å². The summed E-state index contributed by atoms with van der Waals surface area (Å²) in [5, 5.41) is 3.43. The standard InChI is InChI=1S/C18H19BrFN/c1-2-21-18(16-8-7-14(19)11-17(16)20)10-13-9-12-5-3-4-6-15(12)13/h3-8,11,13,18,21H,2,9-10H2,1H3. The van der Waals surface area contributed by atoms with Gasteiger partial charge < -0.3 is 5.32 Å². The average Bonchev–Trinajstić information content (AvgIpc) is 2.44. The van der Waals surface area contributed by atoms with Gasteiger partial charge in [-0.2, -0.15) is 0 Å². The SMILES string of the molecule is CCNC(CC1Cc2ccccc21)c1ccc(Br)cc1F.